The Kier molecular flexibility index (Phi) is 21.3. The highest BCUT2D eigenvalue weighted by Gasteiger charge is 2.23. The van der Waals surface area contributed by atoms with Gasteiger partial charge in [-0.3, -0.25) is 65.9 Å². The lowest BCUT2D eigenvalue weighted by atomic mass is 9.90. The molecule has 592 valence electrons. The molecule has 0 bridgehead atoms. The third-order valence-electron chi connectivity index (χ3n) is 23.1. The van der Waals surface area contributed by atoms with Crippen LogP contribution in [0.1, 0.15) is 105 Å². The molecule has 0 saturated carbocycles. The van der Waals surface area contributed by atoms with Crippen LogP contribution in [0.15, 0.2) is 221 Å². The quantitative estimate of drug-likeness (QED) is 0.117. The first-order valence-corrected chi connectivity index (χ1v) is 40.4. The van der Waals surface area contributed by atoms with Crippen molar-refractivity contribution in [3.05, 3.63) is 283 Å². The second-order valence-electron chi connectivity index (χ2n) is 31.5. The molecule has 18 heterocycles. The van der Waals surface area contributed by atoms with Crippen molar-refractivity contribution in [3.63, 3.8) is 0 Å². The van der Waals surface area contributed by atoms with Gasteiger partial charge < -0.3 is 18.6 Å². The highest BCUT2D eigenvalue weighted by molar-refractivity contribution is 5.85. The van der Waals surface area contributed by atoms with Crippen molar-refractivity contribution in [1.82, 2.24) is 100 Å². The van der Waals surface area contributed by atoms with E-state index in [4.69, 9.17) is 19.9 Å². The summed E-state index contributed by atoms with van der Waals surface area (Å²) in [5.74, 6) is 0.515. The maximum absolute atomic E-state index is 12.9. The summed E-state index contributed by atoms with van der Waals surface area (Å²) in [4.78, 5) is 93.6. The zero-order valence-corrected chi connectivity index (χ0v) is 67.8. The van der Waals surface area contributed by atoms with E-state index in [1.807, 2.05) is 178 Å². The van der Waals surface area contributed by atoms with Gasteiger partial charge in [-0.15, -0.1) is 0 Å². The number of piperidine rings is 1. The largest absolute Gasteiger partial charge is 0.320 e. The van der Waals surface area contributed by atoms with E-state index in [-0.39, 0.29) is 22.2 Å². The normalized spacial score (nSPS) is 15.4. The van der Waals surface area contributed by atoms with Crippen LogP contribution in [0.3, 0.4) is 0 Å². The fraction of sp³-hybridized carbons (Fsp3) is 0.293. The molecule has 1 fully saturated rings. The van der Waals surface area contributed by atoms with Crippen molar-refractivity contribution in [1.29, 1.82) is 0 Å². The first-order valence-electron chi connectivity index (χ1n) is 40.4. The Balaban J connectivity index is 0.000000112. The van der Waals surface area contributed by atoms with E-state index in [2.05, 4.69) is 116 Å². The molecule has 4 aliphatic rings. The van der Waals surface area contributed by atoms with Gasteiger partial charge in [0, 0.05) is 179 Å². The smallest absolute Gasteiger partial charge is 0.258 e. The van der Waals surface area contributed by atoms with E-state index in [1.165, 1.54) is 22.3 Å². The summed E-state index contributed by atoms with van der Waals surface area (Å²) in [5.41, 5.74) is 23.3. The summed E-state index contributed by atoms with van der Waals surface area (Å²) in [6.07, 6.45) is 33.1. The van der Waals surface area contributed by atoms with Crippen LogP contribution in [-0.2, 0) is 14.1 Å². The van der Waals surface area contributed by atoms with Crippen LogP contribution in [0.2, 0.25) is 0 Å². The molecule has 0 N–H and O–H groups in total. The Morgan fingerprint density at radius 3 is 1.46 bits per heavy atom. The molecule has 2 aromatic carbocycles. The first kappa shape index (κ1) is 76.8. The van der Waals surface area contributed by atoms with Crippen LogP contribution in [0, 0.1) is 20.8 Å². The Labute approximate surface area is 675 Å². The number of aromatic nitrogens is 17. The molecule has 14 aromatic heterocycles. The average molecular weight is 1560 g/mol. The number of likely N-dealkylation sites (N-methyl/N-ethyl adjacent to an activating group) is 2. The van der Waals surface area contributed by atoms with Gasteiger partial charge in [-0.25, -0.2) is 24.9 Å². The van der Waals surface area contributed by atoms with E-state index in [1.54, 1.807) is 57.4 Å². The highest BCUT2D eigenvalue weighted by atomic mass is 16.1. The number of imidazole rings is 1. The lowest BCUT2D eigenvalue weighted by molar-refractivity contribution is 0.222. The number of aryl methyl sites for hydroxylation is 5. The number of rotatable bonds is 11. The lowest BCUT2D eigenvalue weighted by Gasteiger charge is -2.31. The Morgan fingerprint density at radius 1 is 0.402 bits per heavy atom. The van der Waals surface area contributed by atoms with Gasteiger partial charge >= 0.3 is 0 Å². The molecule has 25 nitrogen and oxygen atoms in total. The molecule has 0 spiro atoms. The minimum absolute atomic E-state index is 0.0419. The van der Waals surface area contributed by atoms with E-state index in [0.717, 1.165) is 187 Å². The standard InChI is InChI=1S/C24H26N6O.C23H25N5O.C23H23N5O.C22H21N5O/c1-15(2)28-7-5-18(6-8-28)21-14-30-23(11-25-21)27-20(10-24(30)31)19-9-22-17(4)26-16(3)12-29(22)13-19;1-3-26-10-8-17(9-11-26)18-4-7-22-25-20(12-23(29)28(22)15-18)19-5-6-21-24-16(2)13-27(21)14-19;1-3-27-10-8-16(9-11-27)18-5-7-22-24-21(13-23(29)28(22)15-18)17-4-6-20-19(12-17)14-26(2)25-20;1-25-9-7-15(8-10-25)17-4-6-21-23-20(12-22(28)27(21)14-17)16-3-5-19-18(11-16)13-26(2)24-19/h5,9-15H,6-8H2,1-4H3;4-7,12-15,17H,3,8-11H2,1-2H3;4-8,12-15H,3,9-11H2,1-2H3;3-7,11-14H,8-10H2,1-2H3. The average Bonchev–Trinajstić information content (AvgIpc) is 1.74. The highest BCUT2D eigenvalue weighted by Crippen LogP contribution is 2.32. The zero-order valence-electron chi connectivity index (χ0n) is 67.8. The van der Waals surface area contributed by atoms with Crippen molar-refractivity contribution in [2.24, 2.45) is 14.1 Å². The second kappa shape index (κ2) is 32.5. The molecule has 0 unspecified atom stereocenters. The molecule has 1 saturated heterocycles. The maximum atomic E-state index is 12.9. The molecule has 0 atom stereocenters. The number of fused-ring (bicyclic) bond motifs is 8. The van der Waals surface area contributed by atoms with Crippen LogP contribution >= 0.6 is 0 Å². The first-order chi connectivity index (χ1) is 56.7. The van der Waals surface area contributed by atoms with Crippen molar-refractivity contribution in [2.45, 2.75) is 92.5 Å². The topological polar surface area (TPSA) is 234 Å². The lowest BCUT2D eigenvalue weighted by Crippen LogP contribution is -2.34. The van der Waals surface area contributed by atoms with Gasteiger partial charge in [0.15, 0.2) is 5.65 Å². The van der Waals surface area contributed by atoms with E-state index in [9.17, 15) is 19.2 Å². The molecule has 4 aliphatic heterocycles. The summed E-state index contributed by atoms with van der Waals surface area (Å²) < 4.78 is 14.1. The Morgan fingerprint density at radius 2 is 0.897 bits per heavy atom. The summed E-state index contributed by atoms with van der Waals surface area (Å²) in [5, 5.41) is 10.9. The Hall–Kier alpha value is -12.8. The number of nitrogens with zero attached hydrogens (tertiary/aromatic N) is 21. The molecule has 117 heavy (non-hydrogen) atoms. The fourth-order valence-electron chi connectivity index (χ4n) is 16.4. The minimum atomic E-state index is -0.106. The van der Waals surface area contributed by atoms with Crippen LogP contribution in [0.4, 0.5) is 0 Å². The second-order valence-corrected chi connectivity index (χ2v) is 31.5. The van der Waals surface area contributed by atoms with Crippen molar-refractivity contribution in [3.8, 4) is 45.0 Å². The predicted octanol–water partition coefficient (Wildman–Crippen LogP) is 13.4. The summed E-state index contributed by atoms with van der Waals surface area (Å²) in [6, 6.07) is 37.0. The molecule has 0 amide bonds. The third kappa shape index (κ3) is 16.4. The van der Waals surface area contributed by atoms with Gasteiger partial charge in [0.1, 0.15) is 22.6 Å². The number of benzene rings is 2. The van der Waals surface area contributed by atoms with E-state index < -0.39 is 0 Å². The number of pyridine rings is 4. The molecular formula is C92H95N21O4. The molecule has 20 rings (SSSR count). The minimum Gasteiger partial charge on any atom is -0.320 e. The van der Waals surface area contributed by atoms with E-state index in [0.29, 0.717) is 57.3 Å². The van der Waals surface area contributed by atoms with Crippen molar-refractivity contribution < 1.29 is 0 Å². The molecule has 0 aliphatic carbocycles. The number of likely N-dealkylation sites (tertiary alicyclic amines) is 1. The van der Waals surface area contributed by atoms with Crippen molar-refractivity contribution >= 4 is 72.3 Å². The van der Waals surface area contributed by atoms with Crippen molar-refractivity contribution in [2.75, 3.05) is 72.5 Å². The summed E-state index contributed by atoms with van der Waals surface area (Å²) in [7, 11) is 5.92. The number of hydrogen-bond donors (Lipinski definition) is 0. The molecule has 16 aromatic rings. The Bertz CT molecular complexity index is 6900. The van der Waals surface area contributed by atoms with Gasteiger partial charge in [0.05, 0.1) is 68.3 Å². The monoisotopic (exact) mass is 1560 g/mol. The maximum Gasteiger partial charge on any atom is 0.258 e. The fourth-order valence-corrected chi connectivity index (χ4v) is 16.4. The summed E-state index contributed by atoms with van der Waals surface area (Å²) >= 11 is 0. The van der Waals surface area contributed by atoms with Crippen LogP contribution in [-0.4, -0.2) is 179 Å². The summed E-state index contributed by atoms with van der Waals surface area (Å²) in [6.45, 7) is 25.1. The molecule has 0 radical (unpaired) electrons. The van der Waals surface area contributed by atoms with Gasteiger partial charge in [-0.1, -0.05) is 50.3 Å². The van der Waals surface area contributed by atoms with Gasteiger partial charge in [-0.2, -0.15) is 10.2 Å². The van der Waals surface area contributed by atoms with Crippen LogP contribution < -0.4 is 22.2 Å². The zero-order chi connectivity index (χ0) is 80.9. The van der Waals surface area contributed by atoms with E-state index >= 15 is 0 Å². The predicted molar refractivity (Wildman–Crippen MR) is 464 cm³/mol. The third-order valence-corrected chi connectivity index (χ3v) is 23.1. The SMILES string of the molecule is CCN1CC=C(c2ccc3nc(-c4ccc5nn(C)cc5c4)cc(=O)n3c2)CC1.CCN1CCC(c2ccc3nc(-c4ccc5nc(C)cn5c4)cc(=O)n3c2)CC1.CN1CC=C(c2ccc3nc(-c4ccc5nn(C)cc5c4)cc(=O)n3c2)CC1.Cc1cn2cc(-c3cc(=O)n4cc(C5=CCN(C(C)C)CC5)ncc4n3)cc2c(C)n1. The molecular weight excluding hydrogens is 1460 g/mol. The number of hydrogen-bond acceptors (Lipinski definition) is 17. The van der Waals surface area contributed by atoms with Crippen LogP contribution in [0.5, 0.6) is 0 Å². The van der Waals surface area contributed by atoms with Gasteiger partial charge in [0.2, 0.25) is 0 Å². The van der Waals surface area contributed by atoms with Gasteiger partial charge in [0.25, 0.3) is 22.2 Å². The van der Waals surface area contributed by atoms with Gasteiger partial charge in [-0.05, 0) is 212 Å². The molecule has 25 heteroatoms. The van der Waals surface area contributed by atoms with Crippen LogP contribution in [0.25, 0.3) is 117 Å².